The Morgan fingerprint density at radius 3 is 2.50 bits per heavy atom. The van der Waals surface area contributed by atoms with Gasteiger partial charge in [0, 0.05) is 17.8 Å². The third-order valence-corrected chi connectivity index (χ3v) is 3.14. The van der Waals surface area contributed by atoms with Crippen LogP contribution in [0.15, 0.2) is 54.9 Å². The second kappa shape index (κ2) is 5.22. The van der Waals surface area contributed by atoms with E-state index in [9.17, 15) is 0 Å². The second-order valence-corrected chi connectivity index (χ2v) is 4.71. The topological polar surface area (TPSA) is 63.8 Å². The third-order valence-electron chi connectivity index (χ3n) is 2.94. The average Bonchev–Trinajstić information content (AvgIpc) is 2.48. The summed E-state index contributed by atoms with van der Waals surface area (Å²) in [4.78, 5) is 8.88. The molecule has 0 aliphatic heterocycles. The molecule has 0 radical (unpaired) electrons. The molecule has 0 spiro atoms. The van der Waals surface area contributed by atoms with Gasteiger partial charge in [-0.05, 0) is 24.3 Å². The van der Waals surface area contributed by atoms with Gasteiger partial charge in [0.15, 0.2) is 0 Å². The van der Waals surface area contributed by atoms with Crippen molar-refractivity contribution in [1.82, 2.24) is 9.97 Å². The quantitative estimate of drug-likeness (QED) is 0.722. The van der Waals surface area contributed by atoms with Gasteiger partial charge in [-0.1, -0.05) is 30.4 Å². The first kappa shape index (κ1) is 12.5. The van der Waals surface area contributed by atoms with E-state index in [1.54, 1.807) is 12.4 Å². The highest BCUT2D eigenvalue weighted by atomic mass is 32.1. The van der Waals surface area contributed by atoms with Crippen molar-refractivity contribution in [2.75, 3.05) is 5.32 Å². The van der Waals surface area contributed by atoms with Gasteiger partial charge < -0.3 is 11.1 Å². The molecule has 0 unspecified atom stereocenters. The average molecular weight is 280 g/mol. The maximum absolute atomic E-state index is 5.69. The van der Waals surface area contributed by atoms with Gasteiger partial charge in [-0.3, -0.25) is 9.97 Å². The summed E-state index contributed by atoms with van der Waals surface area (Å²) >= 11 is 5.02. The number of nitrogens with zero attached hydrogens (tertiary/aromatic N) is 2. The monoisotopic (exact) mass is 280 g/mol. The van der Waals surface area contributed by atoms with E-state index in [1.807, 2.05) is 42.5 Å². The number of nitrogens with one attached hydrogen (secondary N) is 1. The highest BCUT2D eigenvalue weighted by Crippen LogP contribution is 2.25. The molecular formula is C15H12N4S. The zero-order chi connectivity index (χ0) is 13.9. The number of para-hydroxylation sites is 1. The van der Waals surface area contributed by atoms with Gasteiger partial charge in [-0.25, -0.2) is 0 Å². The molecule has 0 atom stereocenters. The highest BCUT2D eigenvalue weighted by molar-refractivity contribution is 7.80. The van der Waals surface area contributed by atoms with Crippen molar-refractivity contribution < 1.29 is 0 Å². The Morgan fingerprint density at radius 1 is 0.950 bits per heavy atom. The normalized spacial score (nSPS) is 10.4. The lowest BCUT2D eigenvalue weighted by Gasteiger charge is -2.11. The summed E-state index contributed by atoms with van der Waals surface area (Å²) in [6.07, 6.45) is 3.44. The van der Waals surface area contributed by atoms with Crippen LogP contribution < -0.4 is 11.1 Å². The molecule has 98 valence electrons. The molecule has 0 bridgehead atoms. The number of hydrogen-bond donors (Lipinski definition) is 2. The van der Waals surface area contributed by atoms with E-state index in [0.29, 0.717) is 5.69 Å². The lowest BCUT2D eigenvalue weighted by molar-refractivity contribution is 1.28. The molecular weight excluding hydrogens is 268 g/mol. The van der Waals surface area contributed by atoms with Crippen LogP contribution in [0, 0.1) is 0 Å². The maximum atomic E-state index is 5.69. The molecule has 3 aromatic rings. The van der Waals surface area contributed by atoms with E-state index in [0.717, 1.165) is 22.3 Å². The minimum atomic E-state index is 0.265. The second-order valence-electron chi connectivity index (χ2n) is 4.27. The first-order chi connectivity index (χ1) is 9.75. The number of anilines is 2. The van der Waals surface area contributed by atoms with Crippen LogP contribution in [0.25, 0.3) is 10.9 Å². The summed E-state index contributed by atoms with van der Waals surface area (Å²) in [7, 11) is 0. The Kier molecular flexibility index (Phi) is 3.26. The van der Waals surface area contributed by atoms with Gasteiger partial charge >= 0.3 is 0 Å². The van der Waals surface area contributed by atoms with E-state index in [1.165, 1.54) is 0 Å². The minimum Gasteiger partial charge on any atom is -0.388 e. The van der Waals surface area contributed by atoms with Gasteiger partial charge in [-0.15, -0.1) is 0 Å². The number of benzene rings is 1. The number of nitrogens with two attached hydrogens (primary N) is 1. The smallest absolute Gasteiger partial charge is 0.124 e. The van der Waals surface area contributed by atoms with Crippen molar-refractivity contribution in [3.8, 4) is 0 Å². The first-order valence-electron chi connectivity index (χ1n) is 6.11. The summed E-state index contributed by atoms with van der Waals surface area (Å²) in [6.45, 7) is 0. The molecule has 3 N–H and O–H groups in total. The summed E-state index contributed by atoms with van der Waals surface area (Å²) < 4.78 is 0. The van der Waals surface area contributed by atoms with E-state index < -0.39 is 0 Å². The number of thiocarbonyl (C=S) groups is 1. The fraction of sp³-hybridized carbons (Fsp3) is 0. The Morgan fingerprint density at radius 2 is 1.65 bits per heavy atom. The van der Waals surface area contributed by atoms with Gasteiger partial charge in [0.05, 0.1) is 16.9 Å². The summed E-state index contributed by atoms with van der Waals surface area (Å²) in [5.74, 6) is 0. The van der Waals surface area contributed by atoms with Crippen LogP contribution in [0.3, 0.4) is 0 Å². The van der Waals surface area contributed by atoms with Gasteiger partial charge in [0.2, 0.25) is 0 Å². The van der Waals surface area contributed by atoms with Crippen molar-refractivity contribution in [3.05, 3.63) is 60.6 Å². The molecule has 4 nitrogen and oxygen atoms in total. The van der Waals surface area contributed by atoms with Gasteiger partial charge in [0.25, 0.3) is 0 Å². The summed E-state index contributed by atoms with van der Waals surface area (Å²) in [6, 6.07) is 13.6. The Hall–Kier alpha value is -2.53. The fourth-order valence-corrected chi connectivity index (χ4v) is 2.22. The van der Waals surface area contributed by atoms with Crippen molar-refractivity contribution >= 4 is 39.5 Å². The van der Waals surface area contributed by atoms with Crippen LogP contribution in [0.1, 0.15) is 5.69 Å². The van der Waals surface area contributed by atoms with Gasteiger partial charge in [0.1, 0.15) is 10.7 Å². The van der Waals surface area contributed by atoms with E-state index in [4.69, 9.17) is 18.0 Å². The fourth-order valence-electron chi connectivity index (χ4n) is 2.05. The largest absolute Gasteiger partial charge is 0.388 e. The molecule has 0 aliphatic rings. The molecule has 20 heavy (non-hydrogen) atoms. The number of aromatic nitrogens is 2. The van der Waals surface area contributed by atoms with Crippen molar-refractivity contribution in [3.63, 3.8) is 0 Å². The van der Waals surface area contributed by atoms with E-state index in [-0.39, 0.29) is 4.99 Å². The van der Waals surface area contributed by atoms with Crippen LogP contribution in [-0.2, 0) is 0 Å². The molecule has 0 aliphatic carbocycles. The Bertz CT molecular complexity index is 780. The van der Waals surface area contributed by atoms with Crippen LogP contribution >= 0.6 is 12.2 Å². The standard InChI is InChI=1S/C15H12N4S/c16-15(20)14-12(7-3-9-18-14)19-11-6-1-4-10-5-2-8-17-13(10)11/h1-9,19H,(H2,16,20). The molecule has 0 saturated carbocycles. The molecule has 2 heterocycles. The predicted octanol–water partition coefficient (Wildman–Crippen LogP) is 3.01. The summed E-state index contributed by atoms with van der Waals surface area (Å²) in [5, 5.41) is 4.37. The molecule has 5 heteroatoms. The molecule has 0 amide bonds. The van der Waals surface area contributed by atoms with Crippen LogP contribution in [0.4, 0.5) is 11.4 Å². The lowest BCUT2D eigenvalue weighted by Crippen LogP contribution is -2.13. The van der Waals surface area contributed by atoms with E-state index >= 15 is 0 Å². The van der Waals surface area contributed by atoms with Crippen molar-refractivity contribution in [1.29, 1.82) is 0 Å². The SMILES string of the molecule is NC(=S)c1ncccc1Nc1cccc2cccnc12. The molecule has 2 aromatic heterocycles. The lowest BCUT2D eigenvalue weighted by atomic mass is 10.2. The molecule has 3 rings (SSSR count). The van der Waals surface area contributed by atoms with Crippen LogP contribution in [0.5, 0.6) is 0 Å². The summed E-state index contributed by atoms with van der Waals surface area (Å²) in [5.41, 5.74) is 8.84. The van der Waals surface area contributed by atoms with Crippen molar-refractivity contribution in [2.45, 2.75) is 0 Å². The van der Waals surface area contributed by atoms with Gasteiger partial charge in [-0.2, -0.15) is 0 Å². The number of hydrogen-bond acceptors (Lipinski definition) is 4. The van der Waals surface area contributed by atoms with E-state index in [2.05, 4.69) is 15.3 Å². The molecule has 0 saturated heterocycles. The number of pyridine rings is 2. The number of fused-ring (bicyclic) bond motifs is 1. The first-order valence-corrected chi connectivity index (χ1v) is 6.52. The maximum Gasteiger partial charge on any atom is 0.124 e. The Balaban J connectivity index is 2.08. The van der Waals surface area contributed by atoms with Crippen molar-refractivity contribution in [2.24, 2.45) is 5.73 Å². The molecule has 0 fully saturated rings. The predicted molar refractivity (Wildman–Crippen MR) is 85.2 cm³/mol. The Labute approximate surface area is 121 Å². The zero-order valence-corrected chi connectivity index (χ0v) is 11.4. The third kappa shape index (κ3) is 2.31. The number of rotatable bonds is 3. The van der Waals surface area contributed by atoms with Crippen LogP contribution in [-0.4, -0.2) is 15.0 Å². The molecule has 1 aromatic carbocycles. The zero-order valence-electron chi connectivity index (χ0n) is 10.6. The highest BCUT2D eigenvalue weighted by Gasteiger charge is 2.08. The van der Waals surface area contributed by atoms with Crippen LogP contribution in [0.2, 0.25) is 0 Å². The minimum absolute atomic E-state index is 0.265.